The number of aromatic nitrogens is 1. The van der Waals surface area contributed by atoms with Crippen LogP contribution in [0.2, 0.25) is 0 Å². The Kier molecular flexibility index (Phi) is 5.30. The lowest BCUT2D eigenvalue weighted by molar-refractivity contribution is 0.0934. The summed E-state index contributed by atoms with van der Waals surface area (Å²) >= 11 is 3.26. The lowest BCUT2D eigenvalue weighted by Gasteiger charge is -2.18. The van der Waals surface area contributed by atoms with E-state index in [2.05, 4.69) is 33.2 Å². The Morgan fingerprint density at radius 1 is 1.25 bits per heavy atom. The molecule has 0 bridgehead atoms. The smallest absolute Gasteiger partial charge is 0.253 e. The summed E-state index contributed by atoms with van der Waals surface area (Å²) in [5, 5.41) is 3.08. The van der Waals surface area contributed by atoms with Crippen LogP contribution in [0.15, 0.2) is 53.3 Å². The number of halogens is 1. The third kappa shape index (κ3) is 3.90. The van der Waals surface area contributed by atoms with Crippen molar-refractivity contribution < 1.29 is 4.79 Å². The minimum absolute atomic E-state index is 0.0392. The van der Waals surface area contributed by atoms with Gasteiger partial charge in [-0.05, 0) is 40.0 Å². The molecule has 1 unspecified atom stereocenters. The predicted octanol–water partition coefficient (Wildman–Crippen LogP) is 4.12. The number of nitrogens with zero attached hydrogens (tertiary/aromatic N) is 1. The highest BCUT2D eigenvalue weighted by molar-refractivity contribution is 9.10. The Hall–Kier alpha value is -1.68. The van der Waals surface area contributed by atoms with E-state index in [1.54, 1.807) is 18.3 Å². The van der Waals surface area contributed by atoms with Crippen LogP contribution in [-0.2, 0) is 0 Å². The molecule has 104 valence electrons. The van der Waals surface area contributed by atoms with Crippen molar-refractivity contribution in [3.8, 4) is 0 Å². The molecule has 1 amide bonds. The molecule has 0 spiro atoms. The number of hydrogen-bond acceptors (Lipinski definition) is 2. The first kappa shape index (κ1) is 14.7. The molecule has 1 aromatic heterocycles. The SMILES string of the molecule is CCCC(NC(=O)c1ccc(Br)nc1)c1ccccc1. The molecule has 2 aromatic rings. The normalized spacial score (nSPS) is 11.9. The van der Waals surface area contributed by atoms with E-state index in [-0.39, 0.29) is 11.9 Å². The van der Waals surface area contributed by atoms with E-state index in [4.69, 9.17) is 0 Å². The molecule has 1 aromatic carbocycles. The fraction of sp³-hybridized carbons (Fsp3) is 0.250. The third-order valence-corrected chi connectivity index (χ3v) is 3.54. The molecule has 1 N–H and O–H groups in total. The molecule has 0 aliphatic rings. The van der Waals surface area contributed by atoms with Crippen LogP contribution in [0, 0.1) is 0 Å². The van der Waals surface area contributed by atoms with E-state index >= 15 is 0 Å². The minimum atomic E-state index is -0.0905. The molecule has 4 heteroatoms. The summed E-state index contributed by atoms with van der Waals surface area (Å²) < 4.78 is 0.724. The molecule has 0 radical (unpaired) electrons. The Bertz CT molecular complexity index is 554. The molecule has 0 saturated heterocycles. The number of carbonyl (C=O) groups is 1. The molecule has 20 heavy (non-hydrogen) atoms. The quantitative estimate of drug-likeness (QED) is 0.837. The van der Waals surface area contributed by atoms with Gasteiger partial charge in [0.15, 0.2) is 0 Å². The van der Waals surface area contributed by atoms with E-state index in [0.29, 0.717) is 5.56 Å². The molecular weight excluding hydrogens is 316 g/mol. The van der Waals surface area contributed by atoms with E-state index in [1.807, 2.05) is 30.3 Å². The maximum Gasteiger partial charge on any atom is 0.253 e. The van der Waals surface area contributed by atoms with Crippen molar-refractivity contribution in [1.82, 2.24) is 10.3 Å². The largest absolute Gasteiger partial charge is 0.345 e. The van der Waals surface area contributed by atoms with Crippen molar-refractivity contribution in [3.63, 3.8) is 0 Å². The number of hydrogen-bond donors (Lipinski definition) is 1. The molecule has 1 atom stereocenters. The zero-order valence-electron chi connectivity index (χ0n) is 11.3. The highest BCUT2D eigenvalue weighted by Crippen LogP contribution is 2.19. The van der Waals surface area contributed by atoms with E-state index < -0.39 is 0 Å². The van der Waals surface area contributed by atoms with Crippen LogP contribution < -0.4 is 5.32 Å². The first-order chi connectivity index (χ1) is 9.70. The van der Waals surface area contributed by atoms with Crippen LogP contribution in [0.3, 0.4) is 0 Å². The van der Waals surface area contributed by atoms with E-state index in [1.165, 1.54) is 0 Å². The van der Waals surface area contributed by atoms with Gasteiger partial charge in [-0.1, -0.05) is 43.7 Å². The Labute approximate surface area is 127 Å². The van der Waals surface area contributed by atoms with Crippen molar-refractivity contribution in [1.29, 1.82) is 0 Å². The maximum absolute atomic E-state index is 12.2. The predicted molar refractivity (Wildman–Crippen MR) is 83.5 cm³/mol. The molecule has 2 rings (SSSR count). The minimum Gasteiger partial charge on any atom is -0.345 e. The van der Waals surface area contributed by atoms with Gasteiger partial charge in [0.1, 0.15) is 4.60 Å². The number of amides is 1. The van der Waals surface area contributed by atoms with E-state index in [9.17, 15) is 4.79 Å². The molecule has 0 aliphatic carbocycles. The second-order valence-corrected chi connectivity index (χ2v) is 5.41. The Morgan fingerprint density at radius 2 is 2.00 bits per heavy atom. The zero-order chi connectivity index (χ0) is 14.4. The monoisotopic (exact) mass is 332 g/mol. The molecule has 0 fully saturated rings. The maximum atomic E-state index is 12.2. The van der Waals surface area contributed by atoms with Gasteiger partial charge in [0.05, 0.1) is 11.6 Å². The molecule has 1 heterocycles. The Morgan fingerprint density at radius 3 is 2.60 bits per heavy atom. The molecule has 0 saturated carbocycles. The molecule has 3 nitrogen and oxygen atoms in total. The summed E-state index contributed by atoms with van der Waals surface area (Å²) in [5.41, 5.74) is 1.71. The number of pyridine rings is 1. The summed E-state index contributed by atoms with van der Waals surface area (Å²) in [7, 11) is 0. The fourth-order valence-electron chi connectivity index (χ4n) is 2.05. The van der Waals surface area contributed by atoms with Gasteiger partial charge in [0.2, 0.25) is 0 Å². The number of rotatable bonds is 5. The number of nitrogens with one attached hydrogen (secondary N) is 1. The second kappa shape index (κ2) is 7.20. The van der Waals surface area contributed by atoms with Gasteiger partial charge in [-0.15, -0.1) is 0 Å². The number of benzene rings is 1. The van der Waals surface area contributed by atoms with E-state index in [0.717, 1.165) is 23.0 Å². The average molecular weight is 333 g/mol. The summed E-state index contributed by atoms with van der Waals surface area (Å²) in [6, 6.07) is 13.6. The summed E-state index contributed by atoms with van der Waals surface area (Å²) in [5.74, 6) is -0.0905. The molecular formula is C16H17BrN2O. The standard InChI is InChI=1S/C16H17BrN2O/c1-2-6-14(12-7-4-3-5-8-12)19-16(20)13-9-10-15(17)18-11-13/h3-5,7-11,14H,2,6H2,1H3,(H,19,20). The van der Waals surface area contributed by atoms with Crippen molar-refractivity contribution >= 4 is 21.8 Å². The van der Waals surface area contributed by atoms with Gasteiger partial charge in [-0.25, -0.2) is 4.98 Å². The lowest BCUT2D eigenvalue weighted by Crippen LogP contribution is -2.28. The van der Waals surface area contributed by atoms with Crippen LogP contribution in [-0.4, -0.2) is 10.9 Å². The number of carbonyl (C=O) groups excluding carboxylic acids is 1. The first-order valence-corrected chi connectivity index (χ1v) is 7.47. The topological polar surface area (TPSA) is 42.0 Å². The van der Waals surface area contributed by atoms with Crippen molar-refractivity contribution in [2.45, 2.75) is 25.8 Å². The van der Waals surface area contributed by atoms with Gasteiger partial charge in [0.25, 0.3) is 5.91 Å². The van der Waals surface area contributed by atoms with Crippen molar-refractivity contribution in [2.75, 3.05) is 0 Å². The van der Waals surface area contributed by atoms with Crippen LogP contribution in [0.5, 0.6) is 0 Å². The van der Waals surface area contributed by atoms with Gasteiger partial charge in [-0.2, -0.15) is 0 Å². The van der Waals surface area contributed by atoms with Crippen LogP contribution >= 0.6 is 15.9 Å². The van der Waals surface area contributed by atoms with Crippen molar-refractivity contribution in [2.24, 2.45) is 0 Å². The highest BCUT2D eigenvalue weighted by atomic mass is 79.9. The van der Waals surface area contributed by atoms with Gasteiger partial charge < -0.3 is 5.32 Å². The summed E-state index contributed by atoms with van der Waals surface area (Å²) in [6.07, 6.45) is 3.51. The summed E-state index contributed by atoms with van der Waals surface area (Å²) in [6.45, 7) is 2.11. The summed E-state index contributed by atoms with van der Waals surface area (Å²) in [4.78, 5) is 16.3. The first-order valence-electron chi connectivity index (χ1n) is 6.68. The van der Waals surface area contributed by atoms with Gasteiger partial charge in [0, 0.05) is 6.20 Å². The fourth-order valence-corrected chi connectivity index (χ4v) is 2.28. The van der Waals surface area contributed by atoms with Crippen molar-refractivity contribution in [3.05, 3.63) is 64.4 Å². The van der Waals surface area contributed by atoms with Crippen LogP contribution in [0.25, 0.3) is 0 Å². The lowest BCUT2D eigenvalue weighted by atomic mass is 10.0. The third-order valence-electron chi connectivity index (χ3n) is 3.07. The van der Waals surface area contributed by atoms with Gasteiger partial charge in [-0.3, -0.25) is 4.79 Å². The second-order valence-electron chi connectivity index (χ2n) is 4.60. The average Bonchev–Trinajstić information content (AvgIpc) is 2.48. The zero-order valence-corrected chi connectivity index (χ0v) is 12.9. The Balaban J connectivity index is 2.12. The molecule has 0 aliphatic heterocycles. The van der Waals surface area contributed by atoms with Crippen LogP contribution in [0.1, 0.15) is 41.7 Å². The van der Waals surface area contributed by atoms with Gasteiger partial charge >= 0.3 is 0 Å². The highest BCUT2D eigenvalue weighted by Gasteiger charge is 2.14. The van der Waals surface area contributed by atoms with Crippen LogP contribution in [0.4, 0.5) is 0 Å².